The average Bonchev–Trinajstić information content (AvgIpc) is 2.77. The van der Waals surface area contributed by atoms with Crippen molar-refractivity contribution in [3.05, 3.63) is 23.3 Å². The standard InChI is InChI=1S/C20H32O4/c1-4-6-8-14-23-19(21)17-12-10-16(3)11-13-18(17)20(22)24-15-9-7-5-2/h12-13,16H,4-11,14-15H2,1-3H3. The third-order valence-corrected chi connectivity index (χ3v) is 4.14. The summed E-state index contributed by atoms with van der Waals surface area (Å²) in [6.07, 6.45) is 11.1. The highest BCUT2D eigenvalue weighted by Crippen LogP contribution is 2.24. The lowest BCUT2D eigenvalue weighted by atomic mass is 10.1. The van der Waals surface area contributed by atoms with Gasteiger partial charge in [-0.05, 0) is 31.6 Å². The Morgan fingerprint density at radius 3 is 1.67 bits per heavy atom. The Morgan fingerprint density at radius 2 is 1.29 bits per heavy atom. The van der Waals surface area contributed by atoms with Gasteiger partial charge in [-0.1, -0.05) is 58.6 Å². The number of rotatable bonds is 10. The molecule has 0 amide bonds. The van der Waals surface area contributed by atoms with E-state index in [1.807, 2.05) is 12.2 Å². The summed E-state index contributed by atoms with van der Waals surface area (Å²) in [6.45, 7) is 7.11. The molecule has 4 heteroatoms. The molecule has 0 aromatic carbocycles. The smallest absolute Gasteiger partial charge is 0.338 e. The summed E-state index contributed by atoms with van der Waals surface area (Å²) in [6, 6.07) is 0. The molecule has 24 heavy (non-hydrogen) atoms. The summed E-state index contributed by atoms with van der Waals surface area (Å²) < 4.78 is 10.7. The molecule has 0 aromatic rings. The van der Waals surface area contributed by atoms with Crippen molar-refractivity contribution >= 4 is 11.9 Å². The van der Waals surface area contributed by atoms with E-state index >= 15 is 0 Å². The maximum atomic E-state index is 12.4. The van der Waals surface area contributed by atoms with Crippen LogP contribution in [0.3, 0.4) is 0 Å². The summed E-state index contributed by atoms with van der Waals surface area (Å²) in [4.78, 5) is 24.7. The van der Waals surface area contributed by atoms with Crippen LogP contribution >= 0.6 is 0 Å². The predicted octanol–water partition coefficient (Wildman–Crippen LogP) is 4.74. The van der Waals surface area contributed by atoms with Crippen molar-refractivity contribution in [2.75, 3.05) is 13.2 Å². The first-order chi connectivity index (χ1) is 11.6. The van der Waals surface area contributed by atoms with Gasteiger partial charge in [0.2, 0.25) is 0 Å². The van der Waals surface area contributed by atoms with Gasteiger partial charge >= 0.3 is 11.9 Å². The molecule has 1 aliphatic carbocycles. The van der Waals surface area contributed by atoms with Gasteiger partial charge in [0.1, 0.15) is 0 Å². The normalized spacial score (nSPS) is 15.3. The molecule has 0 unspecified atom stereocenters. The molecule has 1 rings (SSSR count). The molecule has 0 radical (unpaired) electrons. The molecule has 0 N–H and O–H groups in total. The number of unbranched alkanes of at least 4 members (excludes halogenated alkanes) is 4. The maximum absolute atomic E-state index is 12.4. The van der Waals surface area contributed by atoms with E-state index in [-0.39, 0.29) is 0 Å². The zero-order valence-corrected chi connectivity index (χ0v) is 15.4. The average molecular weight is 336 g/mol. The molecule has 0 aliphatic heterocycles. The van der Waals surface area contributed by atoms with E-state index in [0.29, 0.717) is 30.3 Å². The number of carbonyl (C=O) groups is 2. The Kier molecular flexibility index (Phi) is 10.1. The molecule has 0 saturated heterocycles. The molecule has 0 saturated carbocycles. The number of esters is 2. The Bertz CT molecular complexity index is 420. The second-order valence-corrected chi connectivity index (χ2v) is 6.50. The van der Waals surface area contributed by atoms with Crippen LogP contribution in [0.15, 0.2) is 23.3 Å². The molecule has 0 fully saturated rings. The van der Waals surface area contributed by atoms with Crippen molar-refractivity contribution < 1.29 is 19.1 Å². The van der Waals surface area contributed by atoms with E-state index in [1.165, 1.54) is 0 Å². The maximum Gasteiger partial charge on any atom is 0.338 e. The Hall–Kier alpha value is -1.58. The van der Waals surface area contributed by atoms with Crippen molar-refractivity contribution in [2.24, 2.45) is 5.92 Å². The van der Waals surface area contributed by atoms with E-state index < -0.39 is 11.9 Å². The first-order valence-electron chi connectivity index (χ1n) is 9.35. The number of allylic oxidation sites excluding steroid dienone is 2. The highest BCUT2D eigenvalue weighted by molar-refractivity contribution is 6.07. The van der Waals surface area contributed by atoms with Crippen LogP contribution in [0, 0.1) is 5.92 Å². The molecular weight excluding hydrogens is 304 g/mol. The fraction of sp³-hybridized carbons (Fsp3) is 0.700. The van der Waals surface area contributed by atoms with Gasteiger partial charge in [0.05, 0.1) is 24.4 Å². The second-order valence-electron chi connectivity index (χ2n) is 6.50. The molecule has 0 aromatic heterocycles. The molecule has 136 valence electrons. The fourth-order valence-corrected chi connectivity index (χ4v) is 2.53. The van der Waals surface area contributed by atoms with Crippen molar-refractivity contribution in [1.82, 2.24) is 0 Å². The van der Waals surface area contributed by atoms with Gasteiger partial charge < -0.3 is 9.47 Å². The lowest BCUT2D eigenvalue weighted by Gasteiger charge is -2.11. The van der Waals surface area contributed by atoms with Crippen molar-refractivity contribution in [3.8, 4) is 0 Å². The minimum absolute atomic E-state index is 0.372. The van der Waals surface area contributed by atoms with Crippen molar-refractivity contribution in [1.29, 1.82) is 0 Å². The molecule has 0 spiro atoms. The summed E-state index contributed by atoms with van der Waals surface area (Å²) >= 11 is 0. The SMILES string of the molecule is CCCCCOC(=O)C1=CCC(C)CC=C1C(=O)OCCCCC. The van der Waals surface area contributed by atoms with E-state index in [1.54, 1.807) is 0 Å². The van der Waals surface area contributed by atoms with Crippen LogP contribution in [0.1, 0.15) is 72.1 Å². The number of hydrogen-bond donors (Lipinski definition) is 0. The second kappa shape index (κ2) is 11.9. The topological polar surface area (TPSA) is 52.6 Å². The number of ether oxygens (including phenoxy) is 2. The Labute approximate surface area is 146 Å². The molecular formula is C20H32O4. The zero-order valence-electron chi connectivity index (χ0n) is 15.4. The zero-order chi connectivity index (χ0) is 17.8. The van der Waals surface area contributed by atoms with Crippen molar-refractivity contribution in [3.63, 3.8) is 0 Å². The molecule has 0 heterocycles. The Balaban J connectivity index is 2.69. The van der Waals surface area contributed by atoms with Gasteiger partial charge in [-0.15, -0.1) is 0 Å². The lowest BCUT2D eigenvalue weighted by Crippen LogP contribution is -2.18. The minimum Gasteiger partial charge on any atom is -0.462 e. The fourth-order valence-electron chi connectivity index (χ4n) is 2.53. The molecule has 4 nitrogen and oxygen atoms in total. The summed E-state index contributed by atoms with van der Waals surface area (Å²) in [5, 5.41) is 0. The number of carbonyl (C=O) groups excluding carboxylic acids is 2. The van der Waals surface area contributed by atoms with E-state index in [9.17, 15) is 9.59 Å². The van der Waals surface area contributed by atoms with Crippen LogP contribution in [0.4, 0.5) is 0 Å². The Morgan fingerprint density at radius 1 is 0.875 bits per heavy atom. The first kappa shape index (κ1) is 20.5. The molecule has 0 bridgehead atoms. The summed E-state index contributed by atoms with van der Waals surface area (Å²) in [7, 11) is 0. The van der Waals surface area contributed by atoms with Gasteiger partial charge in [-0.2, -0.15) is 0 Å². The van der Waals surface area contributed by atoms with Gasteiger partial charge in [-0.25, -0.2) is 9.59 Å². The third kappa shape index (κ3) is 7.33. The van der Waals surface area contributed by atoms with Gasteiger partial charge in [0.25, 0.3) is 0 Å². The van der Waals surface area contributed by atoms with Gasteiger partial charge in [-0.3, -0.25) is 0 Å². The van der Waals surface area contributed by atoms with E-state index in [2.05, 4.69) is 20.8 Å². The monoisotopic (exact) mass is 336 g/mol. The highest BCUT2D eigenvalue weighted by atomic mass is 16.5. The van der Waals surface area contributed by atoms with Gasteiger partial charge in [0.15, 0.2) is 0 Å². The largest absolute Gasteiger partial charge is 0.462 e. The molecule has 1 aliphatic rings. The van der Waals surface area contributed by atoms with E-state index in [0.717, 1.165) is 51.4 Å². The number of hydrogen-bond acceptors (Lipinski definition) is 4. The summed E-state index contributed by atoms with van der Waals surface area (Å²) in [5.41, 5.74) is 0.743. The van der Waals surface area contributed by atoms with Crippen LogP contribution in [-0.2, 0) is 19.1 Å². The third-order valence-electron chi connectivity index (χ3n) is 4.14. The van der Waals surface area contributed by atoms with Crippen LogP contribution < -0.4 is 0 Å². The minimum atomic E-state index is -0.406. The summed E-state index contributed by atoms with van der Waals surface area (Å²) in [5.74, 6) is -0.410. The van der Waals surface area contributed by atoms with Gasteiger partial charge in [0, 0.05) is 0 Å². The van der Waals surface area contributed by atoms with Crippen LogP contribution in [0.5, 0.6) is 0 Å². The van der Waals surface area contributed by atoms with Crippen molar-refractivity contribution in [2.45, 2.75) is 72.1 Å². The van der Waals surface area contributed by atoms with Crippen LogP contribution in [0.2, 0.25) is 0 Å². The van der Waals surface area contributed by atoms with Crippen LogP contribution in [0.25, 0.3) is 0 Å². The first-order valence-corrected chi connectivity index (χ1v) is 9.35. The molecule has 0 atom stereocenters. The quantitative estimate of drug-likeness (QED) is 0.427. The van der Waals surface area contributed by atoms with Crippen LogP contribution in [-0.4, -0.2) is 25.2 Å². The van der Waals surface area contributed by atoms with E-state index in [4.69, 9.17) is 9.47 Å². The lowest BCUT2D eigenvalue weighted by molar-refractivity contribution is -0.142. The highest BCUT2D eigenvalue weighted by Gasteiger charge is 2.25. The predicted molar refractivity (Wildman–Crippen MR) is 95.5 cm³/mol.